The molecule has 0 radical (unpaired) electrons. The van der Waals surface area contributed by atoms with Gasteiger partial charge >= 0.3 is 17.9 Å². The van der Waals surface area contributed by atoms with Crippen molar-refractivity contribution in [1.29, 1.82) is 0 Å². The Kier molecular flexibility index (Phi) is 3.57. The minimum absolute atomic E-state index is 0.157. The fourth-order valence-corrected chi connectivity index (χ4v) is 2.55. The lowest BCUT2D eigenvalue weighted by atomic mass is 9.59. The summed E-state index contributed by atoms with van der Waals surface area (Å²) in [6.07, 6.45) is -2.08. The minimum Gasteiger partial charge on any atom is -0.480 e. The summed E-state index contributed by atoms with van der Waals surface area (Å²) in [5.41, 5.74) is -8.51. The third kappa shape index (κ3) is 1.58. The van der Waals surface area contributed by atoms with Gasteiger partial charge in [-0.25, -0.2) is 22.0 Å². The maximum absolute atomic E-state index is 14.1. The minimum atomic E-state index is -5.27. The Labute approximate surface area is 110 Å². The number of carboxylic acid groups (broad SMARTS) is 2. The Morgan fingerprint density at radius 3 is 1.80 bits per heavy atom. The van der Waals surface area contributed by atoms with Crippen molar-refractivity contribution < 1.29 is 41.8 Å². The van der Waals surface area contributed by atoms with Crippen molar-refractivity contribution in [1.82, 2.24) is 0 Å². The molecule has 2 unspecified atom stereocenters. The van der Waals surface area contributed by atoms with Gasteiger partial charge in [-0.05, 0) is 19.8 Å². The monoisotopic (exact) mass is 304 g/mol. The second-order valence-electron chi connectivity index (χ2n) is 5.03. The summed E-state index contributed by atoms with van der Waals surface area (Å²) in [6, 6.07) is 0. The van der Waals surface area contributed by atoms with Crippen LogP contribution in [0.4, 0.5) is 22.0 Å². The summed E-state index contributed by atoms with van der Waals surface area (Å²) in [4.78, 5) is 22.0. The van der Waals surface area contributed by atoms with Gasteiger partial charge < -0.3 is 10.2 Å². The first-order valence-electron chi connectivity index (χ1n) is 5.72. The number of carbonyl (C=O) groups is 2. The fourth-order valence-electron chi connectivity index (χ4n) is 2.55. The maximum Gasteiger partial charge on any atom is 0.327 e. The SMILES string of the molecule is CCC1CC(C(=O)O)(C(=O)O)C(F)(F)C(C)(F)C1(F)F. The number of hydrogen-bond donors (Lipinski definition) is 2. The third-order valence-corrected chi connectivity index (χ3v) is 4.04. The standard InChI is InChI=1S/C11H13F5O4/c1-3-5-4-9(6(17)18,7(19)20)11(15,16)8(2,12)10(5,13)14/h5H,3-4H2,1-2H3,(H,17,18)(H,19,20). The van der Waals surface area contributed by atoms with Crippen molar-refractivity contribution in [2.45, 2.75) is 44.2 Å². The maximum atomic E-state index is 14.1. The van der Waals surface area contributed by atoms with Gasteiger partial charge in [0.25, 0.3) is 5.92 Å². The lowest BCUT2D eigenvalue weighted by Crippen LogP contribution is -2.73. The average Bonchev–Trinajstić information content (AvgIpc) is 2.26. The Morgan fingerprint density at radius 2 is 1.50 bits per heavy atom. The van der Waals surface area contributed by atoms with Crippen LogP contribution in [0, 0.1) is 11.3 Å². The van der Waals surface area contributed by atoms with E-state index in [2.05, 4.69) is 0 Å². The van der Waals surface area contributed by atoms with Crippen LogP contribution < -0.4 is 0 Å². The first kappa shape index (κ1) is 16.6. The molecule has 1 fully saturated rings. The predicted molar refractivity (Wildman–Crippen MR) is 55.5 cm³/mol. The van der Waals surface area contributed by atoms with Gasteiger partial charge in [0, 0.05) is 5.92 Å². The van der Waals surface area contributed by atoms with Gasteiger partial charge in [-0.2, -0.15) is 0 Å². The Hall–Kier alpha value is -1.41. The molecule has 0 spiro atoms. The average molecular weight is 304 g/mol. The highest BCUT2D eigenvalue weighted by Crippen LogP contribution is 2.63. The van der Waals surface area contributed by atoms with Gasteiger partial charge in [0.1, 0.15) is 0 Å². The summed E-state index contributed by atoms with van der Waals surface area (Å²) in [5.74, 6) is -17.0. The zero-order chi connectivity index (χ0) is 16.1. The van der Waals surface area contributed by atoms with Crippen molar-refractivity contribution in [2.24, 2.45) is 11.3 Å². The molecule has 0 amide bonds. The molecule has 0 heterocycles. The molecule has 0 aromatic rings. The molecule has 0 aliphatic heterocycles. The number of alkyl halides is 5. The molecule has 4 nitrogen and oxygen atoms in total. The molecule has 9 heteroatoms. The highest BCUT2D eigenvalue weighted by Gasteiger charge is 2.84. The van der Waals surface area contributed by atoms with Crippen LogP contribution in [-0.4, -0.2) is 39.7 Å². The van der Waals surface area contributed by atoms with Crippen LogP contribution >= 0.6 is 0 Å². The zero-order valence-electron chi connectivity index (χ0n) is 10.6. The number of aliphatic carboxylic acids is 2. The van der Waals surface area contributed by atoms with Gasteiger partial charge in [-0.15, -0.1) is 0 Å². The van der Waals surface area contributed by atoms with Gasteiger partial charge in [-0.3, -0.25) is 9.59 Å². The zero-order valence-corrected chi connectivity index (χ0v) is 10.6. The van der Waals surface area contributed by atoms with E-state index < -0.39 is 53.6 Å². The lowest BCUT2D eigenvalue weighted by Gasteiger charge is -2.51. The van der Waals surface area contributed by atoms with Gasteiger partial charge in [0.15, 0.2) is 0 Å². The molecule has 1 aliphatic carbocycles. The summed E-state index contributed by atoms with van der Waals surface area (Å²) < 4.78 is 69.6. The predicted octanol–water partition coefficient (Wildman–Crippen LogP) is 2.57. The number of halogens is 5. The van der Waals surface area contributed by atoms with E-state index in [1.54, 1.807) is 0 Å². The summed E-state index contributed by atoms with van der Waals surface area (Å²) >= 11 is 0. The van der Waals surface area contributed by atoms with E-state index in [1.807, 2.05) is 0 Å². The van der Waals surface area contributed by atoms with Crippen LogP contribution in [-0.2, 0) is 9.59 Å². The normalized spacial score (nSPS) is 34.5. The van der Waals surface area contributed by atoms with E-state index in [9.17, 15) is 31.5 Å². The molecular weight excluding hydrogens is 291 g/mol. The van der Waals surface area contributed by atoms with E-state index in [4.69, 9.17) is 10.2 Å². The molecule has 20 heavy (non-hydrogen) atoms. The summed E-state index contributed by atoms with van der Waals surface area (Å²) in [5, 5.41) is 17.7. The van der Waals surface area contributed by atoms with E-state index >= 15 is 0 Å². The van der Waals surface area contributed by atoms with E-state index in [0.29, 0.717) is 0 Å². The number of carboxylic acids is 2. The molecule has 1 rings (SSSR count). The van der Waals surface area contributed by atoms with Crippen molar-refractivity contribution in [3.05, 3.63) is 0 Å². The molecule has 0 aromatic heterocycles. The molecule has 1 saturated carbocycles. The summed E-state index contributed by atoms with van der Waals surface area (Å²) in [7, 11) is 0. The largest absolute Gasteiger partial charge is 0.480 e. The smallest absolute Gasteiger partial charge is 0.327 e. The molecule has 0 aromatic carbocycles. The van der Waals surface area contributed by atoms with Gasteiger partial charge in [-0.1, -0.05) is 6.92 Å². The lowest BCUT2D eigenvalue weighted by molar-refractivity contribution is -0.325. The Morgan fingerprint density at radius 1 is 1.10 bits per heavy atom. The van der Waals surface area contributed by atoms with E-state index in [-0.39, 0.29) is 6.92 Å². The first-order valence-corrected chi connectivity index (χ1v) is 5.72. The topological polar surface area (TPSA) is 74.6 Å². The third-order valence-electron chi connectivity index (χ3n) is 4.04. The van der Waals surface area contributed by atoms with Crippen LogP contribution in [0.2, 0.25) is 0 Å². The Bertz CT molecular complexity index is 432. The quantitative estimate of drug-likeness (QED) is 0.621. The molecule has 2 N–H and O–H groups in total. The molecule has 0 bridgehead atoms. The van der Waals surface area contributed by atoms with E-state index in [1.165, 1.54) is 0 Å². The molecule has 1 aliphatic rings. The summed E-state index contributed by atoms with van der Waals surface area (Å²) in [6.45, 7) is 0.960. The number of rotatable bonds is 3. The van der Waals surface area contributed by atoms with Gasteiger partial charge in [0.2, 0.25) is 11.1 Å². The van der Waals surface area contributed by atoms with Crippen molar-refractivity contribution in [3.63, 3.8) is 0 Å². The van der Waals surface area contributed by atoms with E-state index in [0.717, 1.165) is 6.92 Å². The second kappa shape index (κ2) is 4.29. The molecule has 116 valence electrons. The van der Waals surface area contributed by atoms with Crippen molar-refractivity contribution in [3.8, 4) is 0 Å². The number of hydrogen-bond acceptors (Lipinski definition) is 2. The van der Waals surface area contributed by atoms with Crippen molar-refractivity contribution >= 4 is 11.9 Å². The second-order valence-corrected chi connectivity index (χ2v) is 5.03. The van der Waals surface area contributed by atoms with Crippen LogP contribution in [0.3, 0.4) is 0 Å². The first-order chi connectivity index (χ1) is 8.80. The molecule has 0 saturated heterocycles. The van der Waals surface area contributed by atoms with Crippen molar-refractivity contribution in [2.75, 3.05) is 0 Å². The van der Waals surface area contributed by atoms with Gasteiger partial charge in [0.05, 0.1) is 0 Å². The van der Waals surface area contributed by atoms with Crippen LogP contribution in [0.1, 0.15) is 26.7 Å². The highest BCUT2D eigenvalue weighted by atomic mass is 19.3. The highest BCUT2D eigenvalue weighted by molar-refractivity contribution is 6.00. The van der Waals surface area contributed by atoms with Crippen LogP contribution in [0.15, 0.2) is 0 Å². The Balaban J connectivity index is 3.66. The fraction of sp³-hybridized carbons (Fsp3) is 0.818. The van der Waals surface area contributed by atoms with Crippen LogP contribution in [0.25, 0.3) is 0 Å². The molecule has 2 atom stereocenters. The molecular formula is C11H13F5O4. The van der Waals surface area contributed by atoms with Crippen LogP contribution in [0.5, 0.6) is 0 Å².